The van der Waals surface area contributed by atoms with E-state index < -0.39 is 5.72 Å². The molecule has 2 aliphatic heterocycles. The Labute approximate surface area is 159 Å². The fraction of sp³-hybridized carbons (Fsp3) is 0.381. The summed E-state index contributed by atoms with van der Waals surface area (Å²) in [5.41, 5.74) is 2.26. The van der Waals surface area contributed by atoms with Crippen LogP contribution in [-0.2, 0) is 5.72 Å². The Morgan fingerprint density at radius 3 is 2.58 bits per heavy atom. The second kappa shape index (κ2) is 6.97. The molecule has 0 amide bonds. The van der Waals surface area contributed by atoms with Gasteiger partial charge in [0.25, 0.3) is 5.72 Å². The van der Waals surface area contributed by atoms with Gasteiger partial charge in [0, 0.05) is 11.3 Å². The Balaban J connectivity index is 1.71. The quantitative estimate of drug-likeness (QED) is 0.836. The third-order valence-corrected chi connectivity index (χ3v) is 6.21. The summed E-state index contributed by atoms with van der Waals surface area (Å²) in [6, 6.07) is 16.4. The van der Waals surface area contributed by atoms with Gasteiger partial charge in [0.15, 0.2) is 6.54 Å². The number of hydrogen-bond donors (Lipinski definition) is 1. The van der Waals surface area contributed by atoms with Gasteiger partial charge in [0.2, 0.25) is 0 Å². The van der Waals surface area contributed by atoms with Crippen molar-refractivity contribution in [2.24, 2.45) is 0 Å². The van der Waals surface area contributed by atoms with Crippen molar-refractivity contribution in [3.63, 3.8) is 0 Å². The normalized spacial score (nSPS) is 22.5. The van der Waals surface area contributed by atoms with Crippen LogP contribution in [-0.4, -0.2) is 40.3 Å². The molecule has 0 fully saturated rings. The van der Waals surface area contributed by atoms with Crippen molar-refractivity contribution in [3.05, 3.63) is 59.7 Å². The monoisotopic (exact) mass is 369 g/mol. The molecule has 1 atom stereocenters. The van der Waals surface area contributed by atoms with Gasteiger partial charge in [-0.1, -0.05) is 29.8 Å². The summed E-state index contributed by atoms with van der Waals surface area (Å²) in [6.07, 6.45) is 1.08. The first-order valence-electron chi connectivity index (χ1n) is 9.19. The topological polar surface area (TPSA) is 35.7 Å². The van der Waals surface area contributed by atoms with E-state index in [0.717, 1.165) is 40.9 Å². The first-order valence-corrected chi connectivity index (χ1v) is 10.2. The smallest absolute Gasteiger partial charge is 0.316 e. The van der Waals surface area contributed by atoms with Crippen LogP contribution in [0.15, 0.2) is 48.5 Å². The number of benzene rings is 2. The molecule has 26 heavy (non-hydrogen) atoms. The van der Waals surface area contributed by atoms with E-state index in [9.17, 15) is 5.11 Å². The Kier molecular flexibility index (Phi) is 4.67. The van der Waals surface area contributed by atoms with Crippen molar-refractivity contribution < 1.29 is 14.4 Å². The second-order valence-electron chi connectivity index (χ2n) is 6.83. The van der Waals surface area contributed by atoms with E-state index in [2.05, 4.69) is 40.7 Å². The van der Waals surface area contributed by atoms with Crippen LogP contribution in [0.2, 0.25) is 0 Å². The molecule has 0 saturated carbocycles. The highest BCUT2D eigenvalue weighted by Crippen LogP contribution is 2.38. The van der Waals surface area contributed by atoms with Crippen LogP contribution in [0, 0.1) is 6.92 Å². The number of nitrogens with zero attached hydrogens (tertiary/aromatic N) is 2. The molecular formula is C21H25N2O2S+. The number of thioether (sulfide) groups is 1. The van der Waals surface area contributed by atoms with E-state index >= 15 is 0 Å². The summed E-state index contributed by atoms with van der Waals surface area (Å²) in [6.45, 7) is 6.13. The zero-order valence-electron chi connectivity index (χ0n) is 15.3. The van der Waals surface area contributed by atoms with E-state index in [1.165, 1.54) is 5.56 Å². The number of ether oxygens (including phenoxy) is 1. The molecule has 136 valence electrons. The predicted molar refractivity (Wildman–Crippen MR) is 107 cm³/mol. The molecule has 0 unspecified atom stereocenters. The van der Waals surface area contributed by atoms with Gasteiger partial charge in [-0.3, -0.25) is 0 Å². The first-order chi connectivity index (χ1) is 12.6. The predicted octanol–water partition coefficient (Wildman–Crippen LogP) is 3.56. The number of aryl methyl sites for hydroxylation is 1. The summed E-state index contributed by atoms with van der Waals surface area (Å²) in [4.78, 5) is 2.24. The molecule has 2 aromatic carbocycles. The molecule has 1 N–H and O–H groups in total. The highest BCUT2D eigenvalue weighted by Gasteiger charge is 2.53. The molecule has 0 aliphatic carbocycles. The summed E-state index contributed by atoms with van der Waals surface area (Å²) in [7, 11) is 0. The van der Waals surface area contributed by atoms with E-state index in [-0.39, 0.29) is 0 Å². The number of rotatable bonds is 4. The molecule has 2 aliphatic rings. The maximum atomic E-state index is 11.6. The largest absolute Gasteiger partial charge is 0.494 e. The average Bonchev–Trinajstić information content (AvgIpc) is 2.98. The molecule has 5 heteroatoms. The maximum Gasteiger partial charge on any atom is 0.316 e. The van der Waals surface area contributed by atoms with Crippen LogP contribution in [0.3, 0.4) is 0 Å². The number of anilines is 1. The number of amidine groups is 1. The molecule has 2 heterocycles. The summed E-state index contributed by atoms with van der Waals surface area (Å²) < 4.78 is 7.73. The minimum Gasteiger partial charge on any atom is -0.494 e. The van der Waals surface area contributed by atoms with Gasteiger partial charge in [-0.15, -0.1) is 0 Å². The number of aliphatic hydroxyl groups is 1. The van der Waals surface area contributed by atoms with Crippen LogP contribution in [0.4, 0.5) is 5.69 Å². The molecule has 2 aromatic rings. The van der Waals surface area contributed by atoms with Gasteiger partial charge >= 0.3 is 5.17 Å². The minimum atomic E-state index is -0.991. The van der Waals surface area contributed by atoms with Crippen LogP contribution >= 0.6 is 11.8 Å². The summed E-state index contributed by atoms with van der Waals surface area (Å²) in [5, 5.41) is 12.8. The molecule has 0 radical (unpaired) electrons. The Hall–Kier alpha value is -1.98. The molecule has 0 aromatic heterocycles. The fourth-order valence-corrected chi connectivity index (χ4v) is 4.84. The fourth-order valence-electron chi connectivity index (χ4n) is 3.66. The van der Waals surface area contributed by atoms with Crippen molar-refractivity contribution in [1.29, 1.82) is 0 Å². The van der Waals surface area contributed by atoms with Crippen molar-refractivity contribution in [3.8, 4) is 5.75 Å². The minimum absolute atomic E-state index is 0.534. The summed E-state index contributed by atoms with van der Waals surface area (Å²) >= 11 is 1.83. The van der Waals surface area contributed by atoms with Crippen molar-refractivity contribution >= 4 is 22.6 Å². The van der Waals surface area contributed by atoms with Gasteiger partial charge in [-0.05, 0) is 56.3 Å². The van der Waals surface area contributed by atoms with Crippen LogP contribution in [0.25, 0.3) is 0 Å². The van der Waals surface area contributed by atoms with Gasteiger partial charge in [0.1, 0.15) is 11.4 Å². The van der Waals surface area contributed by atoms with Crippen molar-refractivity contribution in [2.75, 3.05) is 30.3 Å². The lowest BCUT2D eigenvalue weighted by Gasteiger charge is -2.24. The molecule has 4 rings (SSSR count). The van der Waals surface area contributed by atoms with Gasteiger partial charge < -0.3 is 9.84 Å². The van der Waals surface area contributed by atoms with Crippen LogP contribution in [0.5, 0.6) is 5.75 Å². The highest BCUT2D eigenvalue weighted by atomic mass is 32.2. The highest BCUT2D eigenvalue weighted by molar-refractivity contribution is 8.13. The standard InChI is InChI=1S/C21H25N2O2S/c1-3-25-19-11-9-18(10-12-19)22-15-21(24,17-7-5-16(2)6-8-17)23-13-4-14-26-20(22)23/h5-12,24H,3-4,13-15H2,1-2H3/q+1/t21-/m1/s1. The average molecular weight is 370 g/mol. The van der Waals surface area contributed by atoms with Crippen LogP contribution in [0.1, 0.15) is 24.5 Å². The second-order valence-corrected chi connectivity index (χ2v) is 7.89. The molecule has 0 saturated heterocycles. The molecule has 4 nitrogen and oxygen atoms in total. The van der Waals surface area contributed by atoms with E-state index in [0.29, 0.717) is 13.2 Å². The third kappa shape index (κ3) is 2.99. The van der Waals surface area contributed by atoms with Crippen LogP contribution < -0.4 is 9.64 Å². The third-order valence-electron chi connectivity index (χ3n) is 5.02. The van der Waals surface area contributed by atoms with Gasteiger partial charge in [0.05, 0.1) is 13.2 Å². The Bertz CT molecular complexity index is 817. The van der Waals surface area contributed by atoms with E-state index in [1.807, 2.05) is 43.0 Å². The SMILES string of the molecule is CCOc1ccc(N2C[C@@](O)(c3ccc(C)cc3)[N+]3=C2SCCC3)cc1. The molecule has 0 spiro atoms. The lowest BCUT2D eigenvalue weighted by atomic mass is 10.0. The lowest BCUT2D eigenvalue weighted by Crippen LogP contribution is -2.41. The Morgan fingerprint density at radius 1 is 1.15 bits per heavy atom. The van der Waals surface area contributed by atoms with Gasteiger partial charge in [-0.2, -0.15) is 0 Å². The Morgan fingerprint density at radius 2 is 1.88 bits per heavy atom. The van der Waals surface area contributed by atoms with Crippen molar-refractivity contribution in [1.82, 2.24) is 0 Å². The number of β-amino-alcohol motifs (C(OH)–C–C–N with tert-alkyl or cyclic N) is 1. The molecule has 0 bridgehead atoms. The van der Waals surface area contributed by atoms with E-state index in [4.69, 9.17) is 4.74 Å². The lowest BCUT2D eigenvalue weighted by molar-refractivity contribution is -0.656. The zero-order chi connectivity index (χ0) is 18.1. The zero-order valence-corrected chi connectivity index (χ0v) is 16.1. The molecular weight excluding hydrogens is 344 g/mol. The first kappa shape index (κ1) is 17.4. The van der Waals surface area contributed by atoms with Gasteiger partial charge in [-0.25, -0.2) is 9.48 Å². The summed E-state index contributed by atoms with van der Waals surface area (Å²) in [5.74, 6) is 1.96. The maximum absolute atomic E-state index is 11.6. The van der Waals surface area contributed by atoms with Crippen molar-refractivity contribution in [2.45, 2.75) is 26.0 Å². The van der Waals surface area contributed by atoms with E-state index in [1.54, 1.807) is 0 Å². The number of hydrogen-bond acceptors (Lipinski definition) is 4.